The lowest BCUT2D eigenvalue weighted by Crippen LogP contribution is -2.36. The molecule has 6 heteroatoms. The van der Waals surface area contributed by atoms with Crippen LogP contribution >= 0.6 is 0 Å². The summed E-state index contributed by atoms with van der Waals surface area (Å²) in [7, 11) is 0. The molecule has 1 amide bonds. The number of hydrogen-bond acceptors (Lipinski definition) is 5. The molecule has 1 aliphatic heterocycles. The molecule has 1 aliphatic rings. The van der Waals surface area contributed by atoms with Crippen LogP contribution in [0.3, 0.4) is 0 Å². The molecule has 0 bridgehead atoms. The van der Waals surface area contributed by atoms with Crippen molar-refractivity contribution in [1.29, 1.82) is 0 Å². The fourth-order valence-electron chi connectivity index (χ4n) is 2.74. The van der Waals surface area contributed by atoms with Crippen molar-refractivity contribution in [1.82, 2.24) is 15.1 Å². The summed E-state index contributed by atoms with van der Waals surface area (Å²) in [6, 6.07) is 7.69. The van der Waals surface area contributed by atoms with Gasteiger partial charge in [0.05, 0.1) is 0 Å². The maximum Gasteiger partial charge on any atom is 0.410 e. The Labute approximate surface area is 141 Å². The Morgan fingerprint density at radius 2 is 1.96 bits per heavy atom. The van der Waals surface area contributed by atoms with Gasteiger partial charge in [0.15, 0.2) is 0 Å². The number of hydrogen-bond donors (Lipinski definition) is 0. The fraction of sp³-hybridized carbons (Fsp3) is 0.500. The maximum atomic E-state index is 12.4. The fourth-order valence-corrected chi connectivity index (χ4v) is 2.74. The van der Waals surface area contributed by atoms with Gasteiger partial charge in [-0.3, -0.25) is 4.90 Å². The second-order valence-corrected chi connectivity index (χ2v) is 7.14. The molecule has 0 aliphatic carbocycles. The molecule has 2 heterocycles. The third kappa shape index (κ3) is 3.58. The van der Waals surface area contributed by atoms with E-state index in [-0.39, 0.29) is 12.1 Å². The van der Waals surface area contributed by atoms with Gasteiger partial charge in [0.25, 0.3) is 0 Å². The molecule has 1 saturated heterocycles. The van der Waals surface area contributed by atoms with Crippen LogP contribution in [0.2, 0.25) is 0 Å². The lowest BCUT2D eigenvalue weighted by molar-refractivity contribution is 0.0204. The predicted molar refractivity (Wildman–Crippen MR) is 89.4 cm³/mol. The number of ether oxygens (including phenoxy) is 1. The number of aromatic nitrogens is 2. The van der Waals surface area contributed by atoms with Crippen molar-refractivity contribution in [2.24, 2.45) is 0 Å². The Bertz CT molecular complexity index is 716. The van der Waals surface area contributed by atoms with Gasteiger partial charge >= 0.3 is 6.09 Å². The van der Waals surface area contributed by atoms with Crippen LogP contribution in [0.1, 0.15) is 51.1 Å². The molecule has 1 aromatic carbocycles. The van der Waals surface area contributed by atoms with E-state index in [4.69, 9.17) is 9.15 Å². The van der Waals surface area contributed by atoms with E-state index in [0.29, 0.717) is 18.3 Å². The van der Waals surface area contributed by atoms with Crippen molar-refractivity contribution < 1.29 is 13.9 Å². The quantitative estimate of drug-likeness (QED) is 0.829. The summed E-state index contributed by atoms with van der Waals surface area (Å²) in [4.78, 5) is 14.1. The van der Waals surface area contributed by atoms with E-state index in [1.807, 2.05) is 52.0 Å². The molecular formula is C18H23N3O3. The number of benzene rings is 1. The van der Waals surface area contributed by atoms with E-state index < -0.39 is 5.60 Å². The Balaban J connectivity index is 1.78. The first-order valence-electron chi connectivity index (χ1n) is 8.23. The second kappa shape index (κ2) is 6.26. The summed E-state index contributed by atoms with van der Waals surface area (Å²) in [5, 5.41) is 8.29. The highest BCUT2D eigenvalue weighted by Crippen LogP contribution is 2.33. The average Bonchev–Trinajstić information content (AvgIpc) is 3.15. The van der Waals surface area contributed by atoms with E-state index in [2.05, 4.69) is 10.2 Å². The standard InChI is InChI=1S/C18H23N3O3/c1-12-7-9-13(10-8-12)15-19-20-16(23-15)14-6-5-11-21(14)17(22)24-18(2,3)4/h7-10,14H,5-6,11H2,1-4H3. The molecule has 1 fully saturated rings. The minimum absolute atomic E-state index is 0.216. The molecule has 0 saturated carbocycles. The molecule has 0 N–H and O–H groups in total. The smallest absolute Gasteiger partial charge is 0.410 e. The van der Waals surface area contributed by atoms with Crippen LogP contribution in [-0.4, -0.2) is 33.3 Å². The summed E-state index contributed by atoms with van der Waals surface area (Å²) in [6.07, 6.45) is 1.36. The van der Waals surface area contributed by atoms with Gasteiger partial charge in [0, 0.05) is 12.1 Å². The average molecular weight is 329 g/mol. The molecule has 128 valence electrons. The largest absolute Gasteiger partial charge is 0.444 e. The third-order valence-corrected chi connectivity index (χ3v) is 3.91. The van der Waals surface area contributed by atoms with E-state index in [9.17, 15) is 4.79 Å². The molecule has 0 spiro atoms. The van der Waals surface area contributed by atoms with E-state index in [0.717, 1.165) is 18.4 Å². The zero-order valence-corrected chi connectivity index (χ0v) is 14.6. The Morgan fingerprint density at radius 1 is 1.25 bits per heavy atom. The molecule has 6 nitrogen and oxygen atoms in total. The minimum atomic E-state index is -0.522. The SMILES string of the molecule is Cc1ccc(-c2nnc(C3CCCN3C(=O)OC(C)(C)C)o2)cc1. The lowest BCUT2D eigenvalue weighted by Gasteiger charge is -2.27. The highest BCUT2D eigenvalue weighted by Gasteiger charge is 2.36. The first kappa shape index (κ1) is 16.5. The van der Waals surface area contributed by atoms with Gasteiger partial charge in [-0.1, -0.05) is 17.7 Å². The van der Waals surface area contributed by atoms with Gasteiger partial charge in [0.1, 0.15) is 11.6 Å². The molecule has 24 heavy (non-hydrogen) atoms. The van der Waals surface area contributed by atoms with Crippen molar-refractivity contribution in [3.05, 3.63) is 35.7 Å². The predicted octanol–water partition coefficient (Wildman–Crippen LogP) is 4.12. The molecule has 1 atom stereocenters. The number of carbonyl (C=O) groups excluding carboxylic acids is 1. The van der Waals surface area contributed by atoms with Gasteiger partial charge in [-0.25, -0.2) is 4.79 Å². The number of likely N-dealkylation sites (tertiary alicyclic amines) is 1. The Morgan fingerprint density at radius 3 is 2.62 bits per heavy atom. The van der Waals surface area contributed by atoms with Crippen LogP contribution in [-0.2, 0) is 4.74 Å². The first-order valence-corrected chi connectivity index (χ1v) is 8.23. The van der Waals surface area contributed by atoms with Crippen LogP contribution < -0.4 is 0 Å². The van der Waals surface area contributed by atoms with Gasteiger partial charge in [-0.2, -0.15) is 0 Å². The van der Waals surface area contributed by atoms with E-state index in [1.54, 1.807) is 4.90 Å². The highest BCUT2D eigenvalue weighted by atomic mass is 16.6. The number of nitrogens with zero attached hydrogens (tertiary/aromatic N) is 3. The molecular weight excluding hydrogens is 306 g/mol. The lowest BCUT2D eigenvalue weighted by atomic mass is 10.1. The number of amides is 1. The number of rotatable bonds is 2. The molecule has 1 unspecified atom stereocenters. The molecule has 1 aromatic heterocycles. The molecule has 3 rings (SSSR count). The van der Waals surface area contributed by atoms with Crippen molar-refractivity contribution >= 4 is 6.09 Å². The van der Waals surface area contributed by atoms with Gasteiger partial charge < -0.3 is 9.15 Å². The number of aryl methyl sites for hydroxylation is 1. The van der Waals surface area contributed by atoms with Gasteiger partial charge in [0.2, 0.25) is 11.8 Å². The van der Waals surface area contributed by atoms with Gasteiger partial charge in [-0.15, -0.1) is 10.2 Å². The van der Waals surface area contributed by atoms with Crippen LogP contribution in [0, 0.1) is 6.92 Å². The third-order valence-electron chi connectivity index (χ3n) is 3.91. The van der Waals surface area contributed by atoms with Crippen molar-refractivity contribution in [3.8, 4) is 11.5 Å². The monoisotopic (exact) mass is 329 g/mol. The zero-order chi connectivity index (χ0) is 17.3. The maximum absolute atomic E-state index is 12.4. The highest BCUT2D eigenvalue weighted by molar-refractivity contribution is 5.69. The Kier molecular flexibility index (Phi) is 4.30. The summed E-state index contributed by atoms with van der Waals surface area (Å²) in [5.41, 5.74) is 1.53. The Hall–Kier alpha value is -2.37. The molecule has 0 radical (unpaired) electrons. The van der Waals surface area contributed by atoms with Crippen molar-refractivity contribution in [2.75, 3.05) is 6.54 Å². The summed E-state index contributed by atoms with van der Waals surface area (Å²) < 4.78 is 11.3. The van der Waals surface area contributed by atoms with Crippen LogP contribution in [0.5, 0.6) is 0 Å². The topological polar surface area (TPSA) is 68.5 Å². The van der Waals surface area contributed by atoms with Crippen LogP contribution in [0.4, 0.5) is 4.79 Å². The van der Waals surface area contributed by atoms with E-state index in [1.165, 1.54) is 5.56 Å². The van der Waals surface area contributed by atoms with Gasteiger partial charge in [-0.05, 0) is 52.7 Å². The first-order chi connectivity index (χ1) is 11.3. The van der Waals surface area contributed by atoms with Crippen molar-refractivity contribution in [2.45, 2.75) is 52.2 Å². The van der Waals surface area contributed by atoms with E-state index >= 15 is 0 Å². The summed E-state index contributed by atoms with van der Waals surface area (Å²) in [5.74, 6) is 0.940. The summed E-state index contributed by atoms with van der Waals surface area (Å²) in [6.45, 7) is 8.25. The minimum Gasteiger partial charge on any atom is -0.444 e. The zero-order valence-electron chi connectivity index (χ0n) is 14.6. The van der Waals surface area contributed by atoms with Crippen molar-refractivity contribution in [3.63, 3.8) is 0 Å². The summed E-state index contributed by atoms with van der Waals surface area (Å²) >= 11 is 0. The normalized spacial score (nSPS) is 18.0. The number of carbonyl (C=O) groups is 1. The second-order valence-electron chi connectivity index (χ2n) is 7.14. The molecule has 2 aromatic rings. The van der Waals surface area contributed by atoms with Crippen LogP contribution in [0.25, 0.3) is 11.5 Å². The van der Waals surface area contributed by atoms with Crippen LogP contribution in [0.15, 0.2) is 28.7 Å².